The molecule has 1 spiro atoms. The van der Waals surface area contributed by atoms with E-state index in [1.54, 1.807) is 19.0 Å². The van der Waals surface area contributed by atoms with Gasteiger partial charge in [-0.1, -0.05) is 6.92 Å². The molecule has 2 unspecified atom stereocenters. The Labute approximate surface area is 191 Å². The van der Waals surface area contributed by atoms with Crippen molar-refractivity contribution in [1.29, 1.82) is 0 Å². The normalized spacial score (nSPS) is 32.1. The average Bonchev–Trinajstić information content (AvgIpc) is 3.34. The van der Waals surface area contributed by atoms with Crippen LogP contribution in [-0.2, 0) is 19.0 Å². The zero-order valence-electron chi connectivity index (χ0n) is 17.9. The number of aliphatic imine (C=N–C) groups is 1. The lowest BCUT2D eigenvalue weighted by Gasteiger charge is -2.34. The van der Waals surface area contributed by atoms with Gasteiger partial charge in [0.25, 0.3) is 0 Å². The summed E-state index contributed by atoms with van der Waals surface area (Å²) in [5.74, 6) is 1.47. The molecule has 0 aromatic rings. The minimum absolute atomic E-state index is 0. The van der Waals surface area contributed by atoms with Crippen LogP contribution in [0.2, 0.25) is 0 Å². The molecule has 0 bridgehead atoms. The molecule has 0 aromatic carbocycles. The fourth-order valence-electron chi connectivity index (χ4n) is 3.84. The van der Waals surface area contributed by atoms with E-state index < -0.39 is 0 Å². The zero-order chi connectivity index (χ0) is 20.0. The smallest absolute Gasteiger partial charge is 0.243 e. The van der Waals surface area contributed by atoms with E-state index in [1.807, 2.05) is 0 Å². The molecular formula is C20H37IN4O4. The number of nitrogens with one attached hydrogen (secondary N) is 2. The van der Waals surface area contributed by atoms with Gasteiger partial charge in [0.15, 0.2) is 11.7 Å². The molecule has 1 aliphatic carbocycles. The Hall–Kier alpha value is -0.650. The van der Waals surface area contributed by atoms with Gasteiger partial charge in [0, 0.05) is 52.6 Å². The van der Waals surface area contributed by atoms with Crippen LogP contribution >= 0.6 is 24.0 Å². The Kier molecular flexibility index (Phi) is 9.90. The molecule has 3 rings (SSSR count). The summed E-state index contributed by atoms with van der Waals surface area (Å²) in [5.41, 5.74) is 0. The highest BCUT2D eigenvalue weighted by Crippen LogP contribution is 2.39. The molecule has 2 heterocycles. The highest BCUT2D eigenvalue weighted by Gasteiger charge is 2.43. The Morgan fingerprint density at radius 2 is 1.86 bits per heavy atom. The minimum Gasteiger partial charge on any atom is -0.381 e. The van der Waals surface area contributed by atoms with E-state index in [4.69, 9.17) is 14.2 Å². The van der Waals surface area contributed by atoms with Crippen LogP contribution in [0.25, 0.3) is 0 Å². The van der Waals surface area contributed by atoms with Gasteiger partial charge < -0.3 is 29.7 Å². The first-order chi connectivity index (χ1) is 13.5. The molecule has 29 heavy (non-hydrogen) atoms. The number of nitrogens with zero attached hydrogens (tertiary/aromatic N) is 2. The summed E-state index contributed by atoms with van der Waals surface area (Å²) >= 11 is 0. The van der Waals surface area contributed by atoms with E-state index in [1.165, 1.54) is 0 Å². The maximum atomic E-state index is 11.9. The van der Waals surface area contributed by atoms with Crippen LogP contribution in [0.4, 0.5) is 0 Å². The second-order valence-electron chi connectivity index (χ2n) is 8.59. The van der Waals surface area contributed by atoms with E-state index >= 15 is 0 Å². The third kappa shape index (κ3) is 7.52. The van der Waals surface area contributed by atoms with Gasteiger partial charge in [-0.2, -0.15) is 0 Å². The molecule has 168 valence electrons. The van der Waals surface area contributed by atoms with Crippen LogP contribution in [-0.4, -0.2) is 82.2 Å². The third-order valence-electron chi connectivity index (χ3n) is 5.90. The Bertz CT molecular complexity index is 547. The number of amides is 1. The molecule has 9 heteroatoms. The van der Waals surface area contributed by atoms with Crippen molar-refractivity contribution in [3.8, 4) is 0 Å². The summed E-state index contributed by atoms with van der Waals surface area (Å²) in [5, 5.41) is 6.68. The van der Waals surface area contributed by atoms with Crippen LogP contribution < -0.4 is 10.6 Å². The highest BCUT2D eigenvalue weighted by atomic mass is 127. The monoisotopic (exact) mass is 524 g/mol. The van der Waals surface area contributed by atoms with Gasteiger partial charge in [0.2, 0.25) is 5.91 Å². The van der Waals surface area contributed by atoms with Crippen LogP contribution in [0.5, 0.6) is 0 Å². The Morgan fingerprint density at radius 1 is 1.14 bits per heavy atom. The number of ether oxygens (including phenoxy) is 3. The number of carbonyl (C=O) groups excluding carboxylic acids is 1. The SMILES string of the molecule is CC1CCC2(CC1)OCC(CNC(=NCC(=O)N(C)C)NCC1CCOC1)O2.I. The van der Waals surface area contributed by atoms with Gasteiger partial charge in [0.1, 0.15) is 12.6 Å². The van der Waals surface area contributed by atoms with Gasteiger partial charge in [-0.05, 0) is 25.2 Å². The number of rotatable bonds is 6. The summed E-state index contributed by atoms with van der Waals surface area (Å²) < 4.78 is 17.7. The van der Waals surface area contributed by atoms with E-state index in [0.717, 1.165) is 57.8 Å². The summed E-state index contributed by atoms with van der Waals surface area (Å²) in [7, 11) is 3.48. The average molecular weight is 524 g/mol. The fourth-order valence-corrected chi connectivity index (χ4v) is 3.84. The maximum absolute atomic E-state index is 11.9. The quantitative estimate of drug-likeness (QED) is 0.312. The van der Waals surface area contributed by atoms with Crippen molar-refractivity contribution in [3.05, 3.63) is 0 Å². The van der Waals surface area contributed by atoms with Crippen molar-refractivity contribution in [3.63, 3.8) is 0 Å². The summed E-state index contributed by atoms with van der Waals surface area (Å²) in [6.07, 6.45) is 5.32. The topological polar surface area (TPSA) is 84.4 Å². The van der Waals surface area contributed by atoms with Crippen molar-refractivity contribution in [2.24, 2.45) is 16.8 Å². The van der Waals surface area contributed by atoms with Crippen molar-refractivity contribution in [2.75, 3.05) is 53.6 Å². The molecule has 0 radical (unpaired) electrons. The molecule has 3 aliphatic rings. The second-order valence-corrected chi connectivity index (χ2v) is 8.59. The largest absolute Gasteiger partial charge is 0.381 e. The van der Waals surface area contributed by atoms with Crippen LogP contribution in [0, 0.1) is 11.8 Å². The van der Waals surface area contributed by atoms with E-state index in [2.05, 4.69) is 22.5 Å². The number of guanidine groups is 1. The Morgan fingerprint density at radius 3 is 2.52 bits per heavy atom. The number of likely N-dealkylation sites (N-methyl/N-ethyl adjacent to an activating group) is 1. The molecule has 2 saturated heterocycles. The number of hydrogen-bond acceptors (Lipinski definition) is 5. The van der Waals surface area contributed by atoms with Crippen molar-refractivity contribution >= 4 is 35.8 Å². The lowest BCUT2D eigenvalue weighted by atomic mass is 9.86. The molecule has 1 saturated carbocycles. The first-order valence-electron chi connectivity index (χ1n) is 10.6. The van der Waals surface area contributed by atoms with Crippen LogP contribution in [0.1, 0.15) is 39.0 Å². The van der Waals surface area contributed by atoms with Gasteiger partial charge in [-0.3, -0.25) is 4.79 Å². The third-order valence-corrected chi connectivity index (χ3v) is 5.90. The summed E-state index contributed by atoms with van der Waals surface area (Å²) in [6.45, 7) is 6.00. The predicted octanol–water partition coefficient (Wildman–Crippen LogP) is 1.59. The molecule has 1 amide bonds. The van der Waals surface area contributed by atoms with Gasteiger partial charge >= 0.3 is 0 Å². The van der Waals surface area contributed by atoms with Gasteiger partial charge in [0.05, 0.1) is 13.2 Å². The number of carbonyl (C=O) groups is 1. The second kappa shape index (κ2) is 11.7. The molecule has 2 aliphatic heterocycles. The van der Waals surface area contributed by atoms with E-state index in [-0.39, 0.29) is 48.3 Å². The van der Waals surface area contributed by atoms with Crippen LogP contribution in [0.15, 0.2) is 4.99 Å². The first kappa shape index (κ1) is 24.6. The van der Waals surface area contributed by atoms with Crippen molar-refractivity contribution in [2.45, 2.75) is 50.9 Å². The molecule has 2 atom stereocenters. The van der Waals surface area contributed by atoms with E-state index in [0.29, 0.717) is 25.0 Å². The fraction of sp³-hybridized carbons (Fsp3) is 0.900. The minimum atomic E-state index is -0.383. The molecule has 2 N–H and O–H groups in total. The standard InChI is InChI=1S/C20H36N4O4.HI/c1-15-4-7-20(8-5-15)27-14-17(28-20)11-22-19(23-12-18(25)24(2)3)21-10-16-6-9-26-13-16;/h15-17H,4-14H2,1-3H3,(H2,21,22,23);1H. The van der Waals surface area contributed by atoms with E-state index in [9.17, 15) is 4.79 Å². The summed E-state index contributed by atoms with van der Waals surface area (Å²) in [6, 6.07) is 0. The van der Waals surface area contributed by atoms with Gasteiger partial charge in [-0.25, -0.2) is 4.99 Å². The Balaban J connectivity index is 0.00000300. The first-order valence-corrected chi connectivity index (χ1v) is 10.6. The molecule has 0 aromatic heterocycles. The maximum Gasteiger partial charge on any atom is 0.243 e. The number of hydrogen-bond donors (Lipinski definition) is 2. The summed E-state index contributed by atoms with van der Waals surface area (Å²) in [4.78, 5) is 17.9. The lowest BCUT2D eigenvalue weighted by Crippen LogP contribution is -2.44. The van der Waals surface area contributed by atoms with Crippen molar-refractivity contribution < 1.29 is 19.0 Å². The molecular weight excluding hydrogens is 487 g/mol. The van der Waals surface area contributed by atoms with Crippen molar-refractivity contribution in [1.82, 2.24) is 15.5 Å². The zero-order valence-corrected chi connectivity index (χ0v) is 20.3. The van der Waals surface area contributed by atoms with Gasteiger partial charge in [-0.15, -0.1) is 24.0 Å². The lowest BCUT2D eigenvalue weighted by molar-refractivity contribution is -0.191. The van der Waals surface area contributed by atoms with Crippen LogP contribution in [0.3, 0.4) is 0 Å². The predicted molar refractivity (Wildman–Crippen MR) is 123 cm³/mol. The number of halogens is 1. The molecule has 3 fully saturated rings. The molecule has 8 nitrogen and oxygen atoms in total. The highest BCUT2D eigenvalue weighted by molar-refractivity contribution is 14.0.